The van der Waals surface area contributed by atoms with Crippen LogP contribution in [0.1, 0.15) is 33.6 Å². The Morgan fingerprint density at radius 3 is 2.48 bits per heavy atom. The van der Waals surface area contributed by atoms with Gasteiger partial charge in [0.25, 0.3) is 11.8 Å². The van der Waals surface area contributed by atoms with Crippen molar-refractivity contribution in [3.05, 3.63) is 65.5 Å². The van der Waals surface area contributed by atoms with E-state index >= 15 is 0 Å². The highest BCUT2D eigenvalue weighted by atomic mass is 19.1. The van der Waals surface area contributed by atoms with Crippen molar-refractivity contribution in [2.24, 2.45) is 0 Å². The number of hydrogen-bond acceptors (Lipinski definition) is 3. The third-order valence-corrected chi connectivity index (χ3v) is 4.05. The Morgan fingerprint density at radius 1 is 1.04 bits per heavy atom. The van der Waals surface area contributed by atoms with Gasteiger partial charge in [0.1, 0.15) is 5.82 Å². The average Bonchev–Trinajstić information content (AvgIpc) is 3.14. The Hall–Kier alpha value is -2.73. The van der Waals surface area contributed by atoms with Crippen LogP contribution in [-0.2, 0) is 4.74 Å². The molecule has 25 heavy (non-hydrogen) atoms. The monoisotopic (exact) mass is 342 g/mol. The summed E-state index contributed by atoms with van der Waals surface area (Å²) in [6.45, 7) is 1.14. The highest BCUT2D eigenvalue weighted by molar-refractivity contribution is 6.09. The summed E-state index contributed by atoms with van der Waals surface area (Å²) in [7, 11) is 0. The first-order valence-corrected chi connectivity index (χ1v) is 8.20. The van der Waals surface area contributed by atoms with Crippen LogP contribution in [-0.4, -0.2) is 31.1 Å². The van der Waals surface area contributed by atoms with Gasteiger partial charge in [0, 0.05) is 13.2 Å². The van der Waals surface area contributed by atoms with Crippen LogP contribution in [0.3, 0.4) is 0 Å². The molecular formula is C19H19FN2O3. The van der Waals surface area contributed by atoms with E-state index in [1.54, 1.807) is 30.3 Å². The molecule has 1 fully saturated rings. The summed E-state index contributed by atoms with van der Waals surface area (Å²) in [4.78, 5) is 24.7. The zero-order chi connectivity index (χ0) is 17.6. The van der Waals surface area contributed by atoms with Gasteiger partial charge >= 0.3 is 0 Å². The molecule has 2 amide bonds. The van der Waals surface area contributed by atoms with Crippen molar-refractivity contribution in [1.29, 1.82) is 0 Å². The topological polar surface area (TPSA) is 67.4 Å². The molecule has 5 nitrogen and oxygen atoms in total. The van der Waals surface area contributed by atoms with Crippen molar-refractivity contribution >= 4 is 17.5 Å². The van der Waals surface area contributed by atoms with Crippen LogP contribution in [0.15, 0.2) is 48.5 Å². The number of halogens is 1. The molecule has 1 aliphatic heterocycles. The van der Waals surface area contributed by atoms with Gasteiger partial charge in [-0.25, -0.2) is 4.39 Å². The van der Waals surface area contributed by atoms with E-state index < -0.39 is 11.7 Å². The Bertz CT molecular complexity index is 773. The molecule has 0 spiro atoms. The Labute approximate surface area is 145 Å². The van der Waals surface area contributed by atoms with E-state index in [2.05, 4.69) is 10.6 Å². The van der Waals surface area contributed by atoms with Crippen LogP contribution in [0.5, 0.6) is 0 Å². The van der Waals surface area contributed by atoms with Crippen LogP contribution in [0.2, 0.25) is 0 Å². The van der Waals surface area contributed by atoms with Crippen molar-refractivity contribution in [2.75, 3.05) is 18.5 Å². The second kappa shape index (κ2) is 7.90. The number of para-hydroxylation sites is 1. The predicted octanol–water partition coefficient (Wildman–Crippen LogP) is 2.99. The zero-order valence-electron chi connectivity index (χ0n) is 13.6. The molecule has 1 aliphatic rings. The van der Waals surface area contributed by atoms with E-state index in [0.29, 0.717) is 17.8 Å². The van der Waals surface area contributed by atoms with Gasteiger partial charge in [-0.15, -0.1) is 0 Å². The van der Waals surface area contributed by atoms with Crippen molar-refractivity contribution in [1.82, 2.24) is 5.32 Å². The van der Waals surface area contributed by atoms with E-state index in [4.69, 9.17) is 4.74 Å². The summed E-state index contributed by atoms with van der Waals surface area (Å²) in [6.07, 6.45) is 1.95. The number of carbonyl (C=O) groups excluding carboxylic acids is 2. The molecule has 0 radical (unpaired) electrons. The van der Waals surface area contributed by atoms with Gasteiger partial charge < -0.3 is 15.4 Å². The lowest BCUT2D eigenvalue weighted by atomic mass is 10.1. The third kappa shape index (κ3) is 4.22. The number of carbonyl (C=O) groups is 2. The summed E-state index contributed by atoms with van der Waals surface area (Å²) in [5, 5.41) is 5.42. The lowest BCUT2D eigenvalue weighted by Gasteiger charge is -2.14. The number of hydrogen-bond donors (Lipinski definition) is 2. The summed E-state index contributed by atoms with van der Waals surface area (Å²) < 4.78 is 19.2. The smallest absolute Gasteiger partial charge is 0.258 e. The Balaban J connectivity index is 1.71. The van der Waals surface area contributed by atoms with Gasteiger partial charge in [-0.2, -0.15) is 0 Å². The maximum atomic E-state index is 13.7. The highest BCUT2D eigenvalue weighted by Gasteiger charge is 2.19. The number of amides is 2. The van der Waals surface area contributed by atoms with E-state index in [9.17, 15) is 14.0 Å². The van der Waals surface area contributed by atoms with Crippen molar-refractivity contribution in [3.63, 3.8) is 0 Å². The van der Waals surface area contributed by atoms with Crippen LogP contribution in [0.4, 0.5) is 10.1 Å². The Kier molecular flexibility index (Phi) is 5.40. The molecule has 1 atom stereocenters. The summed E-state index contributed by atoms with van der Waals surface area (Å²) in [5.41, 5.74) is 0.586. The maximum absolute atomic E-state index is 13.7. The number of rotatable bonds is 5. The van der Waals surface area contributed by atoms with Gasteiger partial charge in [-0.1, -0.05) is 24.3 Å². The van der Waals surface area contributed by atoms with Gasteiger partial charge in [0.2, 0.25) is 0 Å². The first-order chi connectivity index (χ1) is 12.1. The Morgan fingerprint density at radius 2 is 1.76 bits per heavy atom. The molecule has 2 N–H and O–H groups in total. The molecule has 0 aliphatic carbocycles. The van der Waals surface area contributed by atoms with Crippen LogP contribution >= 0.6 is 0 Å². The van der Waals surface area contributed by atoms with Gasteiger partial charge in [-0.05, 0) is 37.1 Å². The minimum atomic E-state index is -0.611. The van der Waals surface area contributed by atoms with E-state index in [1.165, 1.54) is 18.2 Å². The molecule has 1 saturated heterocycles. The van der Waals surface area contributed by atoms with E-state index in [1.807, 2.05) is 0 Å². The molecule has 0 saturated carbocycles. The number of benzene rings is 2. The molecule has 130 valence electrons. The molecule has 2 aromatic carbocycles. The lowest BCUT2D eigenvalue weighted by Crippen LogP contribution is -2.32. The van der Waals surface area contributed by atoms with Crippen LogP contribution in [0, 0.1) is 5.82 Å². The standard InChI is InChI=1S/C19H19FN2O3/c20-16-9-3-1-7-14(16)19(24)22-17-10-4-2-8-15(17)18(23)21-12-13-6-5-11-25-13/h1-4,7-10,13H,5-6,11-12H2,(H,21,23)(H,22,24)/t13-/m0/s1. The van der Waals surface area contributed by atoms with E-state index in [0.717, 1.165) is 19.4 Å². The quantitative estimate of drug-likeness (QED) is 0.878. The fourth-order valence-corrected chi connectivity index (χ4v) is 2.73. The largest absolute Gasteiger partial charge is 0.376 e. The summed E-state index contributed by atoms with van der Waals surface area (Å²) in [5.74, 6) is -1.52. The van der Waals surface area contributed by atoms with Crippen molar-refractivity contribution in [2.45, 2.75) is 18.9 Å². The van der Waals surface area contributed by atoms with Crippen LogP contribution in [0.25, 0.3) is 0 Å². The second-order valence-electron chi connectivity index (χ2n) is 5.82. The molecule has 1 heterocycles. The lowest BCUT2D eigenvalue weighted by molar-refractivity contribution is 0.0858. The molecule has 2 aromatic rings. The zero-order valence-corrected chi connectivity index (χ0v) is 13.6. The molecule has 3 rings (SSSR count). The SMILES string of the molecule is O=C(Nc1ccccc1C(=O)NC[C@@H]1CCCO1)c1ccccc1F. The predicted molar refractivity (Wildman–Crippen MR) is 92.1 cm³/mol. The number of nitrogens with one attached hydrogen (secondary N) is 2. The molecule has 0 aromatic heterocycles. The number of ether oxygens (including phenoxy) is 1. The molecule has 6 heteroatoms. The summed E-state index contributed by atoms with van der Waals surface area (Å²) in [6, 6.07) is 12.3. The van der Waals surface area contributed by atoms with Crippen molar-refractivity contribution < 1.29 is 18.7 Å². The molecule has 0 unspecified atom stereocenters. The normalized spacial score (nSPS) is 16.4. The highest BCUT2D eigenvalue weighted by Crippen LogP contribution is 2.18. The minimum Gasteiger partial charge on any atom is -0.376 e. The van der Waals surface area contributed by atoms with Crippen LogP contribution < -0.4 is 10.6 Å². The maximum Gasteiger partial charge on any atom is 0.258 e. The number of anilines is 1. The fraction of sp³-hybridized carbons (Fsp3) is 0.263. The minimum absolute atomic E-state index is 0.0316. The van der Waals surface area contributed by atoms with Crippen molar-refractivity contribution in [3.8, 4) is 0 Å². The molecular weight excluding hydrogens is 323 g/mol. The molecule has 0 bridgehead atoms. The second-order valence-corrected chi connectivity index (χ2v) is 5.82. The van der Waals surface area contributed by atoms with E-state index in [-0.39, 0.29) is 17.6 Å². The average molecular weight is 342 g/mol. The first kappa shape index (κ1) is 17.1. The third-order valence-electron chi connectivity index (χ3n) is 4.05. The van der Waals surface area contributed by atoms with Gasteiger partial charge in [-0.3, -0.25) is 9.59 Å². The fourth-order valence-electron chi connectivity index (χ4n) is 2.73. The first-order valence-electron chi connectivity index (χ1n) is 8.20. The van der Waals surface area contributed by atoms with Gasteiger partial charge in [0.05, 0.1) is 22.9 Å². The van der Waals surface area contributed by atoms with Gasteiger partial charge in [0.15, 0.2) is 0 Å². The summed E-state index contributed by atoms with van der Waals surface area (Å²) >= 11 is 0.